The highest BCUT2D eigenvalue weighted by Gasteiger charge is 2.44. The van der Waals surface area contributed by atoms with Gasteiger partial charge in [-0.2, -0.15) is 0 Å². The maximum atomic E-state index is 11.9. The van der Waals surface area contributed by atoms with Crippen LogP contribution in [0.4, 0.5) is 0 Å². The Labute approximate surface area is 124 Å². The minimum Gasteiger partial charge on any atom is -0.481 e. The van der Waals surface area contributed by atoms with E-state index in [1.165, 1.54) is 0 Å². The van der Waals surface area contributed by atoms with E-state index in [4.69, 9.17) is 5.73 Å². The topological polar surface area (TPSA) is 92.4 Å². The smallest absolute Gasteiger partial charge is 0.311 e. The molecule has 5 nitrogen and oxygen atoms in total. The summed E-state index contributed by atoms with van der Waals surface area (Å²) in [5.41, 5.74) is 6.24. The van der Waals surface area contributed by atoms with Crippen LogP contribution in [0.5, 0.6) is 0 Å². The highest BCUT2D eigenvalue weighted by atomic mass is 16.4. The monoisotopic (exact) mass is 290 g/mol. The van der Waals surface area contributed by atoms with Gasteiger partial charge in [0.25, 0.3) is 0 Å². The molecule has 0 heterocycles. The Balaban J connectivity index is 1.76. The van der Waals surface area contributed by atoms with Gasteiger partial charge >= 0.3 is 5.97 Å². The van der Waals surface area contributed by atoms with E-state index in [0.29, 0.717) is 19.3 Å². The summed E-state index contributed by atoms with van der Waals surface area (Å²) in [4.78, 5) is 23.2. The van der Waals surface area contributed by atoms with E-state index in [0.717, 1.165) is 18.4 Å². The summed E-state index contributed by atoms with van der Waals surface area (Å²) in [5, 5.41) is 11.9. The van der Waals surface area contributed by atoms with E-state index in [1.54, 1.807) is 0 Å². The number of aryl methyl sites for hydroxylation is 1. The van der Waals surface area contributed by atoms with E-state index >= 15 is 0 Å². The fraction of sp³-hybridized carbons (Fsp3) is 0.500. The summed E-state index contributed by atoms with van der Waals surface area (Å²) >= 11 is 0. The summed E-state index contributed by atoms with van der Waals surface area (Å²) in [6, 6.07) is 9.25. The lowest BCUT2D eigenvalue weighted by Crippen LogP contribution is -2.51. The van der Waals surface area contributed by atoms with Crippen LogP contribution >= 0.6 is 0 Å². The molecule has 1 saturated carbocycles. The van der Waals surface area contributed by atoms with E-state index in [-0.39, 0.29) is 12.5 Å². The molecule has 21 heavy (non-hydrogen) atoms. The molecule has 1 aromatic carbocycles. The van der Waals surface area contributed by atoms with Crippen molar-refractivity contribution in [3.05, 3.63) is 35.9 Å². The van der Waals surface area contributed by atoms with Crippen LogP contribution in [-0.4, -0.2) is 29.6 Å². The highest BCUT2D eigenvalue weighted by molar-refractivity contribution is 5.83. The molecule has 1 fully saturated rings. The summed E-state index contributed by atoms with van der Waals surface area (Å²) in [5.74, 6) is -1.09. The zero-order chi connectivity index (χ0) is 15.3. The number of nitrogens with two attached hydrogens (primary N) is 1. The third-order valence-electron chi connectivity index (χ3n) is 4.29. The van der Waals surface area contributed by atoms with Gasteiger partial charge in [0.1, 0.15) is 0 Å². The molecule has 1 aliphatic rings. The molecule has 1 atom stereocenters. The van der Waals surface area contributed by atoms with Crippen LogP contribution in [0, 0.1) is 5.41 Å². The lowest BCUT2D eigenvalue weighted by Gasteiger charge is -2.37. The zero-order valence-corrected chi connectivity index (χ0v) is 12.0. The van der Waals surface area contributed by atoms with Crippen LogP contribution in [-0.2, 0) is 16.0 Å². The van der Waals surface area contributed by atoms with Crippen LogP contribution in [0.3, 0.4) is 0 Å². The first-order valence-electron chi connectivity index (χ1n) is 7.34. The molecule has 114 valence electrons. The van der Waals surface area contributed by atoms with Gasteiger partial charge in [0.15, 0.2) is 0 Å². The quantitative estimate of drug-likeness (QED) is 0.706. The number of nitrogens with one attached hydrogen (secondary N) is 1. The Morgan fingerprint density at radius 1 is 1.29 bits per heavy atom. The lowest BCUT2D eigenvalue weighted by atomic mass is 9.69. The second-order valence-electron chi connectivity index (χ2n) is 5.79. The van der Waals surface area contributed by atoms with Crippen molar-refractivity contribution in [3.63, 3.8) is 0 Å². The zero-order valence-electron chi connectivity index (χ0n) is 12.0. The Morgan fingerprint density at radius 2 is 1.95 bits per heavy atom. The lowest BCUT2D eigenvalue weighted by molar-refractivity contribution is -0.154. The van der Waals surface area contributed by atoms with Gasteiger partial charge in [-0.3, -0.25) is 9.59 Å². The van der Waals surface area contributed by atoms with Crippen molar-refractivity contribution in [2.45, 2.75) is 38.1 Å². The molecular formula is C16H22N2O3. The number of carboxylic acid groups (broad SMARTS) is 1. The molecule has 1 aromatic rings. The van der Waals surface area contributed by atoms with Gasteiger partial charge in [-0.1, -0.05) is 36.8 Å². The number of carbonyl (C=O) groups is 2. The first-order chi connectivity index (χ1) is 10.0. The minimum absolute atomic E-state index is 0.181. The third-order valence-corrected chi connectivity index (χ3v) is 4.29. The number of hydrogen-bond donors (Lipinski definition) is 3. The average molecular weight is 290 g/mol. The average Bonchev–Trinajstić information content (AvgIpc) is 2.44. The van der Waals surface area contributed by atoms with Crippen molar-refractivity contribution >= 4 is 11.9 Å². The summed E-state index contributed by atoms with van der Waals surface area (Å²) in [6.45, 7) is 0.181. The van der Waals surface area contributed by atoms with Crippen LogP contribution in [0.2, 0.25) is 0 Å². The van der Waals surface area contributed by atoms with Crippen molar-refractivity contribution in [3.8, 4) is 0 Å². The number of hydrogen-bond acceptors (Lipinski definition) is 3. The van der Waals surface area contributed by atoms with Crippen molar-refractivity contribution < 1.29 is 14.7 Å². The van der Waals surface area contributed by atoms with Gasteiger partial charge in [-0.25, -0.2) is 0 Å². The molecule has 0 saturated heterocycles. The van der Waals surface area contributed by atoms with E-state index in [2.05, 4.69) is 5.32 Å². The normalized spacial score (nSPS) is 17.6. The molecule has 0 unspecified atom stereocenters. The Kier molecular flexibility index (Phi) is 4.96. The molecule has 0 spiro atoms. The SMILES string of the molecule is N[C@@H](CCc1ccccc1)C(=O)NCC1(C(=O)O)CCC1. The van der Waals surface area contributed by atoms with Crippen molar-refractivity contribution in [2.24, 2.45) is 11.1 Å². The third kappa shape index (κ3) is 3.82. The van der Waals surface area contributed by atoms with E-state index < -0.39 is 17.4 Å². The first-order valence-corrected chi connectivity index (χ1v) is 7.34. The van der Waals surface area contributed by atoms with Gasteiger partial charge in [-0.15, -0.1) is 0 Å². The predicted octanol–water partition coefficient (Wildman–Crippen LogP) is 1.32. The summed E-state index contributed by atoms with van der Waals surface area (Å²) < 4.78 is 0. The number of amides is 1. The summed E-state index contributed by atoms with van der Waals surface area (Å²) in [6.07, 6.45) is 3.45. The van der Waals surface area contributed by atoms with E-state index in [9.17, 15) is 14.7 Å². The largest absolute Gasteiger partial charge is 0.481 e. The molecular weight excluding hydrogens is 268 g/mol. The number of carbonyl (C=O) groups excluding carboxylic acids is 1. The molecule has 5 heteroatoms. The van der Waals surface area contributed by atoms with Gasteiger partial charge in [-0.05, 0) is 31.2 Å². The van der Waals surface area contributed by atoms with Gasteiger partial charge in [0.05, 0.1) is 11.5 Å². The number of rotatable bonds is 7. The molecule has 2 rings (SSSR count). The second-order valence-corrected chi connectivity index (χ2v) is 5.79. The molecule has 1 amide bonds. The van der Waals surface area contributed by atoms with Gasteiger partial charge < -0.3 is 16.2 Å². The summed E-state index contributed by atoms with van der Waals surface area (Å²) in [7, 11) is 0. The fourth-order valence-electron chi connectivity index (χ4n) is 2.56. The highest BCUT2D eigenvalue weighted by Crippen LogP contribution is 2.40. The van der Waals surface area contributed by atoms with Gasteiger partial charge in [0, 0.05) is 6.54 Å². The molecule has 1 aliphatic carbocycles. The maximum absolute atomic E-state index is 11.9. The molecule has 0 radical (unpaired) electrons. The van der Waals surface area contributed by atoms with Gasteiger partial charge in [0.2, 0.25) is 5.91 Å². The first kappa shape index (κ1) is 15.5. The second kappa shape index (κ2) is 6.72. The van der Waals surface area contributed by atoms with Crippen LogP contribution in [0.15, 0.2) is 30.3 Å². The van der Waals surface area contributed by atoms with Crippen LogP contribution in [0.1, 0.15) is 31.2 Å². The molecule has 0 bridgehead atoms. The number of benzene rings is 1. The molecule has 0 aromatic heterocycles. The predicted molar refractivity (Wildman–Crippen MR) is 79.7 cm³/mol. The number of aliphatic carboxylic acids is 1. The Morgan fingerprint density at radius 3 is 2.48 bits per heavy atom. The standard InChI is InChI=1S/C16H22N2O3/c17-13(8-7-12-5-2-1-3-6-12)14(19)18-11-16(15(20)21)9-4-10-16/h1-3,5-6,13H,4,7-11,17H2,(H,18,19)(H,20,21)/t13-/m0/s1. The fourth-order valence-corrected chi connectivity index (χ4v) is 2.56. The van der Waals surface area contributed by atoms with Crippen LogP contribution < -0.4 is 11.1 Å². The van der Waals surface area contributed by atoms with Crippen molar-refractivity contribution in [2.75, 3.05) is 6.54 Å². The van der Waals surface area contributed by atoms with Crippen LogP contribution in [0.25, 0.3) is 0 Å². The Hall–Kier alpha value is -1.88. The van der Waals surface area contributed by atoms with Crippen molar-refractivity contribution in [1.82, 2.24) is 5.32 Å². The maximum Gasteiger partial charge on any atom is 0.311 e. The molecule has 4 N–H and O–H groups in total. The molecule has 0 aliphatic heterocycles. The minimum atomic E-state index is -0.827. The van der Waals surface area contributed by atoms with Crippen molar-refractivity contribution in [1.29, 1.82) is 0 Å². The number of carboxylic acids is 1. The Bertz CT molecular complexity index is 498. The van der Waals surface area contributed by atoms with E-state index in [1.807, 2.05) is 30.3 Å².